The van der Waals surface area contributed by atoms with Gasteiger partial charge in [-0.25, -0.2) is 0 Å². The molecule has 2 nitrogen and oxygen atoms in total. The van der Waals surface area contributed by atoms with Gasteiger partial charge in [0.2, 0.25) is 5.91 Å². The molecule has 1 heterocycles. The Kier molecular flexibility index (Phi) is 2.89. The van der Waals surface area contributed by atoms with E-state index in [1.807, 2.05) is 0 Å². The zero-order chi connectivity index (χ0) is 13.0. The van der Waals surface area contributed by atoms with Crippen LogP contribution in [0.25, 0.3) is 0 Å². The highest BCUT2D eigenvalue weighted by Crippen LogP contribution is 2.57. The third-order valence-electron chi connectivity index (χ3n) is 6.60. The molecule has 1 amide bonds. The second-order valence-electron chi connectivity index (χ2n) is 7.83. The average molecular weight is 261 g/mol. The normalized spacial score (nSPS) is 48.6. The average Bonchev–Trinajstić information content (AvgIpc) is 2.37. The minimum Gasteiger partial charge on any atom is -0.340 e. The van der Waals surface area contributed by atoms with E-state index in [0.29, 0.717) is 17.9 Å². The molecule has 5 fully saturated rings. The van der Waals surface area contributed by atoms with Crippen molar-refractivity contribution in [3.63, 3.8) is 0 Å². The van der Waals surface area contributed by atoms with Crippen LogP contribution in [0.1, 0.15) is 58.3 Å². The van der Waals surface area contributed by atoms with Gasteiger partial charge in [0, 0.05) is 18.5 Å². The van der Waals surface area contributed by atoms with E-state index in [4.69, 9.17) is 0 Å². The SMILES string of the molecule is CC1CCCCN1C(=O)C1C2CC3CC(C2)CC1C3. The fraction of sp³-hybridized carbons (Fsp3) is 0.941. The molecule has 0 aromatic rings. The number of carbonyl (C=O) groups is 1. The fourth-order valence-corrected chi connectivity index (χ4v) is 5.95. The summed E-state index contributed by atoms with van der Waals surface area (Å²) in [6, 6.07) is 0.499. The molecule has 0 spiro atoms. The smallest absolute Gasteiger partial charge is 0.226 e. The van der Waals surface area contributed by atoms with Crippen molar-refractivity contribution in [3.8, 4) is 0 Å². The molecule has 0 aromatic carbocycles. The van der Waals surface area contributed by atoms with Crippen molar-refractivity contribution in [1.82, 2.24) is 4.90 Å². The quantitative estimate of drug-likeness (QED) is 0.708. The van der Waals surface area contributed by atoms with Crippen LogP contribution >= 0.6 is 0 Å². The van der Waals surface area contributed by atoms with E-state index in [1.54, 1.807) is 0 Å². The van der Waals surface area contributed by atoms with Gasteiger partial charge < -0.3 is 4.90 Å². The lowest BCUT2D eigenvalue weighted by Gasteiger charge is -2.55. The molecule has 1 atom stereocenters. The third kappa shape index (κ3) is 1.94. The molecule has 19 heavy (non-hydrogen) atoms. The van der Waals surface area contributed by atoms with Crippen LogP contribution in [-0.4, -0.2) is 23.4 Å². The fourth-order valence-electron chi connectivity index (χ4n) is 5.95. The largest absolute Gasteiger partial charge is 0.340 e. The summed E-state index contributed by atoms with van der Waals surface area (Å²) in [5, 5.41) is 0. The summed E-state index contributed by atoms with van der Waals surface area (Å²) in [5.41, 5.74) is 0. The summed E-state index contributed by atoms with van der Waals surface area (Å²) in [5.74, 6) is 4.40. The lowest BCUT2D eigenvalue weighted by atomic mass is 9.51. The van der Waals surface area contributed by atoms with Gasteiger partial charge in [-0.15, -0.1) is 0 Å². The molecule has 5 rings (SSSR count). The second kappa shape index (κ2) is 4.49. The Morgan fingerprint density at radius 1 is 0.947 bits per heavy atom. The van der Waals surface area contributed by atoms with Gasteiger partial charge in [-0.2, -0.15) is 0 Å². The van der Waals surface area contributed by atoms with Crippen LogP contribution in [0.4, 0.5) is 0 Å². The predicted molar refractivity (Wildman–Crippen MR) is 75.6 cm³/mol. The summed E-state index contributed by atoms with van der Waals surface area (Å²) in [4.78, 5) is 15.3. The summed E-state index contributed by atoms with van der Waals surface area (Å²) in [6.07, 6.45) is 10.7. The molecule has 4 bridgehead atoms. The standard InChI is InChI=1S/C17H27NO/c1-11-4-2-3-5-18(11)17(19)16-14-7-12-6-13(9-14)10-15(16)8-12/h11-16H,2-10H2,1H3. The Morgan fingerprint density at radius 3 is 2.16 bits per heavy atom. The molecule has 106 valence electrons. The number of piperidine rings is 1. The number of amides is 1. The zero-order valence-electron chi connectivity index (χ0n) is 12.2. The van der Waals surface area contributed by atoms with E-state index >= 15 is 0 Å². The van der Waals surface area contributed by atoms with Crippen molar-refractivity contribution < 1.29 is 4.79 Å². The van der Waals surface area contributed by atoms with Crippen LogP contribution in [0.3, 0.4) is 0 Å². The highest BCUT2D eigenvalue weighted by Gasteiger charge is 2.51. The van der Waals surface area contributed by atoms with Gasteiger partial charge in [0.05, 0.1) is 0 Å². The molecule has 1 aliphatic heterocycles. The summed E-state index contributed by atoms with van der Waals surface area (Å²) >= 11 is 0. The number of hydrogen-bond donors (Lipinski definition) is 0. The Bertz CT molecular complexity index is 349. The number of carbonyl (C=O) groups excluding carboxylic acids is 1. The highest BCUT2D eigenvalue weighted by atomic mass is 16.2. The molecule has 1 unspecified atom stereocenters. The van der Waals surface area contributed by atoms with Crippen LogP contribution in [0, 0.1) is 29.6 Å². The molecular formula is C17H27NO. The highest BCUT2D eigenvalue weighted by molar-refractivity contribution is 5.80. The van der Waals surface area contributed by atoms with Crippen LogP contribution in [-0.2, 0) is 4.79 Å². The molecule has 2 heteroatoms. The van der Waals surface area contributed by atoms with E-state index in [-0.39, 0.29) is 0 Å². The monoisotopic (exact) mass is 261 g/mol. The number of nitrogens with zero attached hydrogens (tertiary/aromatic N) is 1. The van der Waals surface area contributed by atoms with Crippen LogP contribution in [0.2, 0.25) is 0 Å². The topological polar surface area (TPSA) is 20.3 Å². The van der Waals surface area contributed by atoms with Crippen molar-refractivity contribution in [1.29, 1.82) is 0 Å². The van der Waals surface area contributed by atoms with Crippen molar-refractivity contribution in [3.05, 3.63) is 0 Å². The third-order valence-corrected chi connectivity index (χ3v) is 6.60. The first-order chi connectivity index (χ1) is 9.22. The van der Waals surface area contributed by atoms with Gasteiger partial charge in [-0.05, 0) is 82.0 Å². The van der Waals surface area contributed by atoms with Gasteiger partial charge in [0.25, 0.3) is 0 Å². The maximum atomic E-state index is 13.0. The summed E-state index contributed by atoms with van der Waals surface area (Å²) < 4.78 is 0. The van der Waals surface area contributed by atoms with Gasteiger partial charge in [0.1, 0.15) is 0 Å². The number of hydrogen-bond acceptors (Lipinski definition) is 1. The van der Waals surface area contributed by atoms with Crippen LogP contribution < -0.4 is 0 Å². The van der Waals surface area contributed by atoms with Crippen molar-refractivity contribution in [2.24, 2.45) is 29.6 Å². The molecule has 0 radical (unpaired) electrons. The molecule has 1 saturated heterocycles. The minimum absolute atomic E-state index is 0.411. The molecule has 0 N–H and O–H groups in total. The lowest BCUT2D eigenvalue weighted by Crippen LogP contribution is -2.54. The Hall–Kier alpha value is -0.530. The van der Waals surface area contributed by atoms with Crippen LogP contribution in [0.5, 0.6) is 0 Å². The van der Waals surface area contributed by atoms with Gasteiger partial charge in [0.15, 0.2) is 0 Å². The van der Waals surface area contributed by atoms with Crippen LogP contribution in [0.15, 0.2) is 0 Å². The Balaban J connectivity index is 1.53. The number of rotatable bonds is 1. The lowest BCUT2D eigenvalue weighted by molar-refractivity contribution is -0.152. The van der Waals surface area contributed by atoms with Crippen molar-refractivity contribution in [2.45, 2.75) is 64.3 Å². The summed E-state index contributed by atoms with van der Waals surface area (Å²) in [7, 11) is 0. The van der Waals surface area contributed by atoms with Gasteiger partial charge in [-0.3, -0.25) is 4.79 Å². The second-order valence-corrected chi connectivity index (χ2v) is 7.83. The predicted octanol–water partition coefficient (Wildman–Crippen LogP) is 3.46. The molecule has 5 aliphatic rings. The molecule has 0 aromatic heterocycles. The van der Waals surface area contributed by atoms with E-state index in [0.717, 1.165) is 30.2 Å². The van der Waals surface area contributed by atoms with Gasteiger partial charge >= 0.3 is 0 Å². The van der Waals surface area contributed by atoms with Crippen molar-refractivity contribution in [2.75, 3.05) is 6.54 Å². The van der Waals surface area contributed by atoms with E-state index in [9.17, 15) is 4.79 Å². The Morgan fingerprint density at radius 2 is 1.58 bits per heavy atom. The Labute approximate surface area is 116 Å². The van der Waals surface area contributed by atoms with Crippen molar-refractivity contribution >= 4 is 5.91 Å². The first-order valence-corrected chi connectivity index (χ1v) is 8.53. The number of likely N-dealkylation sites (tertiary alicyclic amines) is 1. The summed E-state index contributed by atoms with van der Waals surface area (Å²) in [6.45, 7) is 3.29. The molecule has 4 saturated carbocycles. The maximum Gasteiger partial charge on any atom is 0.226 e. The first-order valence-electron chi connectivity index (χ1n) is 8.53. The minimum atomic E-state index is 0.411. The first kappa shape index (κ1) is 12.2. The van der Waals surface area contributed by atoms with E-state index < -0.39 is 0 Å². The van der Waals surface area contributed by atoms with Gasteiger partial charge in [-0.1, -0.05) is 0 Å². The van der Waals surface area contributed by atoms with E-state index in [1.165, 1.54) is 51.4 Å². The molecule has 4 aliphatic carbocycles. The maximum absolute atomic E-state index is 13.0. The molecular weight excluding hydrogens is 234 g/mol. The van der Waals surface area contributed by atoms with E-state index in [2.05, 4.69) is 11.8 Å². The zero-order valence-corrected chi connectivity index (χ0v) is 12.2.